The summed E-state index contributed by atoms with van der Waals surface area (Å²) in [5.41, 5.74) is -2.07. The summed E-state index contributed by atoms with van der Waals surface area (Å²) in [6.07, 6.45) is -4.45. The zero-order valence-electron chi connectivity index (χ0n) is 11.6. The van der Waals surface area contributed by atoms with Gasteiger partial charge in [-0.2, -0.15) is 13.2 Å². The number of carbonyl (C=O) groups excluding carboxylic acids is 1. The Morgan fingerprint density at radius 2 is 2.00 bits per heavy atom. The van der Waals surface area contributed by atoms with Gasteiger partial charge in [0.15, 0.2) is 0 Å². The van der Waals surface area contributed by atoms with Crippen molar-refractivity contribution in [2.24, 2.45) is 0 Å². The van der Waals surface area contributed by atoms with Crippen LogP contribution in [0.5, 0.6) is 0 Å². The normalized spacial score (nSPS) is 20.0. The van der Waals surface area contributed by atoms with Gasteiger partial charge in [0.2, 0.25) is 5.91 Å². The van der Waals surface area contributed by atoms with Gasteiger partial charge in [-0.3, -0.25) is 9.69 Å². The fourth-order valence-electron chi connectivity index (χ4n) is 2.38. The van der Waals surface area contributed by atoms with Crippen LogP contribution in [0.4, 0.5) is 13.2 Å². The lowest BCUT2D eigenvalue weighted by molar-refractivity contribution is -0.137. The van der Waals surface area contributed by atoms with Crippen LogP contribution in [0.3, 0.4) is 0 Å². The van der Waals surface area contributed by atoms with Crippen molar-refractivity contribution in [2.45, 2.75) is 18.7 Å². The van der Waals surface area contributed by atoms with Crippen molar-refractivity contribution < 1.29 is 23.1 Å². The third kappa shape index (κ3) is 3.95. The number of benzene rings is 1. The quantitative estimate of drug-likeness (QED) is 0.886. The number of alkyl halides is 3. The van der Waals surface area contributed by atoms with Gasteiger partial charge in [0.1, 0.15) is 0 Å². The number of aliphatic hydroxyl groups is 1. The molecule has 0 radical (unpaired) electrons. The maximum absolute atomic E-state index is 12.7. The molecule has 0 spiro atoms. The monoisotopic (exact) mass is 302 g/mol. The lowest BCUT2D eigenvalue weighted by Gasteiger charge is -2.34. The minimum Gasteiger partial charge on any atom is -0.384 e. The maximum atomic E-state index is 12.7. The predicted octanol–water partition coefficient (Wildman–Crippen LogP) is 1.34. The number of nitrogens with zero attached hydrogens (tertiary/aromatic N) is 1. The van der Waals surface area contributed by atoms with E-state index >= 15 is 0 Å². The summed E-state index contributed by atoms with van der Waals surface area (Å²) in [5, 5.41) is 13.1. The van der Waals surface area contributed by atoms with Crippen molar-refractivity contribution in [1.82, 2.24) is 10.2 Å². The van der Waals surface area contributed by atoms with E-state index in [9.17, 15) is 23.1 Å². The van der Waals surface area contributed by atoms with Crippen LogP contribution in [0, 0.1) is 0 Å². The third-order valence-corrected chi connectivity index (χ3v) is 3.46. The number of nitrogens with one attached hydrogen (secondary N) is 1. The molecule has 1 aliphatic rings. The lowest BCUT2D eigenvalue weighted by Crippen LogP contribution is -2.51. The summed E-state index contributed by atoms with van der Waals surface area (Å²) in [4.78, 5) is 13.0. The number of halogens is 3. The molecule has 1 saturated heterocycles. The first-order valence-corrected chi connectivity index (χ1v) is 6.58. The van der Waals surface area contributed by atoms with Gasteiger partial charge in [-0.1, -0.05) is 12.1 Å². The van der Waals surface area contributed by atoms with E-state index in [4.69, 9.17) is 0 Å². The molecule has 1 unspecified atom stereocenters. The Kier molecular flexibility index (Phi) is 4.25. The summed E-state index contributed by atoms with van der Waals surface area (Å²) in [7, 11) is 0. The molecule has 0 bridgehead atoms. The Balaban J connectivity index is 2.17. The molecule has 0 aromatic heterocycles. The minimum absolute atomic E-state index is 0.0989. The summed E-state index contributed by atoms with van der Waals surface area (Å²) in [6.45, 7) is 2.71. The van der Waals surface area contributed by atoms with E-state index in [1.807, 2.05) is 0 Å². The van der Waals surface area contributed by atoms with E-state index in [1.165, 1.54) is 19.1 Å². The Hall–Kier alpha value is -1.60. The number of carbonyl (C=O) groups is 1. The molecule has 1 fully saturated rings. The molecule has 0 aliphatic carbocycles. The number of hydrogen-bond acceptors (Lipinski definition) is 3. The van der Waals surface area contributed by atoms with Crippen molar-refractivity contribution in [3.05, 3.63) is 35.4 Å². The molecule has 1 heterocycles. The molecular formula is C14H17F3N2O2. The average Bonchev–Trinajstić information content (AvgIpc) is 2.37. The van der Waals surface area contributed by atoms with Gasteiger partial charge in [-0.15, -0.1) is 0 Å². The second-order valence-corrected chi connectivity index (χ2v) is 5.41. The van der Waals surface area contributed by atoms with E-state index in [-0.39, 0.29) is 24.6 Å². The summed E-state index contributed by atoms with van der Waals surface area (Å²) in [5.74, 6) is -0.152. The molecule has 1 aromatic rings. The molecule has 0 saturated carbocycles. The first-order chi connectivity index (χ1) is 9.68. The highest BCUT2D eigenvalue weighted by Gasteiger charge is 2.34. The van der Waals surface area contributed by atoms with Gasteiger partial charge in [0, 0.05) is 19.6 Å². The topological polar surface area (TPSA) is 52.6 Å². The molecule has 2 rings (SSSR count). The van der Waals surface area contributed by atoms with E-state index in [1.54, 1.807) is 4.90 Å². The van der Waals surface area contributed by atoms with Crippen LogP contribution in [-0.4, -0.2) is 42.1 Å². The third-order valence-electron chi connectivity index (χ3n) is 3.46. The lowest BCUT2D eigenvalue weighted by atomic mass is 9.93. The molecule has 4 nitrogen and oxygen atoms in total. The van der Waals surface area contributed by atoms with Crippen LogP contribution in [-0.2, 0) is 16.6 Å². The highest BCUT2D eigenvalue weighted by molar-refractivity contribution is 5.78. The largest absolute Gasteiger partial charge is 0.416 e. The fraction of sp³-hybridized carbons (Fsp3) is 0.500. The molecule has 1 atom stereocenters. The van der Waals surface area contributed by atoms with E-state index in [0.29, 0.717) is 13.1 Å². The van der Waals surface area contributed by atoms with Gasteiger partial charge >= 0.3 is 6.18 Å². The van der Waals surface area contributed by atoms with Crippen molar-refractivity contribution in [2.75, 3.05) is 26.2 Å². The van der Waals surface area contributed by atoms with Crippen LogP contribution in [0.1, 0.15) is 18.1 Å². The Morgan fingerprint density at radius 1 is 1.33 bits per heavy atom. The Bertz CT molecular complexity index is 529. The highest BCUT2D eigenvalue weighted by Crippen LogP contribution is 2.32. The number of β-amino-alcohol motifs (C(OH)–C–C–N with tert-alkyl or cyclic N) is 1. The van der Waals surface area contributed by atoms with Crippen molar-refractivity contribution >= 4 is 5.91 Å². The van der Waals surface area contributed by atoms with Gasteiger partial charge in [0.05, 0.1) is 17.7 Å². The average molecular weight is 302 g/mol. The first-order valence-electron chi connectivity index (χ1n) is 6.58. The molecular weight excluding hydrogens is 285 g/mol. The van der Waals surface area contributed by atoms with Crippen LogP contribution in [0.25, 0.3) is 0 Å². The SMILES string of the molecule is CC(O)(CN1CCNC(=O)C1)c1cccc(C(F)(F)F)c1. The second-order valence-electron chi connectivity index (χ2n) is 5.41. The van der Waals surface area contributed by atoms with Gasteiger partial charge < -0.3 is 10.4 Å². The van der Waals surface area contributed by atoms with Crippen LogP contribution >= 0.6 is 0 Å². The standard InChI is InChI=1S/C14H17F3N2O2/c1-13(21,9-19-6-5-18-12(20)8-19)10-3-2-4-11(7-10)14(15,16)17/h2-4,7,21H,5-6,8-9H2,1H3,(H,18,20). The number of piperazine rings is 1. The number of hydrogen-bond donors (Lipinski definition) is 2. The Labute approximate surface area is 120 Å². The zero-order valence-corrected chi connectivity index (χ0v) is 11.6. The predicted molar refractivity (Wildman–Crippen MR) is 70.5 cm³/mol. The fourth-order valence-corrected chi connectivity index (χ4v) is 2.38. The molecule has 2 N–H and O–H groups in total. The maximum Gasteiger partial charge on any atom is 0.416 e. The number of rotatable bonds is 3. The van der Waals surface area contributed by atoms with E-state index < -0.39 is 17.3 Å². The van der Waals surface area contributed by atoms with E-state index in [2.05, 4.69) is 5.32 Å². The number of amides is 1. The van der Waals surface area contributed by atoms with Crippen LogP contribution in [0.15, 0.2) is 24.3 Å². The van der Waals surface area contributed by atoms with Crippen molar-refractivity contribution in [3.8, 4) is 0 Å². The molecule has 7 heteroatoms. The Morgan fingerprint density at radius 3 is 2.62 bits per heavy atom. The first kappa shape index (κ1) is 15.8. The summed E-state index contributed by atoms with van der Waals surface area (Å²) < 4.78 is 38.2. The molecule has 1 aromatic carbocycles. The van der Waals surface area contributed by atoms with Gasteiger partial charge in [0.25, 0.3) is 0 Å². The highest BCUT2D eigenvalue weighted by atomic mass is 19.4. The minimum atomic E-state index is -4.45. The van der Waals surface area contributed by atoms with E-state index in [0.717, 1.165) is 12.1 Å². The molecule has 116 valence electrons. The van der Waals surface area contributed by atoms with Crippen LogP contribution < -0.4 is 5.32 Å². The van der Waals surface area contributed by atoms with Crippen molar-refractivity contribution in [1.29, 1.82) is 0 Å². The summed E-state index contributed by atoms with van der Waals surface area (Å²) >= 11 is 0. The molecule has 21 heavy (non-hydrogen) atoms. The van der Waals surface area contributed by atoms with Crippen LogP contribution in [0.2, 0.25) is 0 Å². The van der Waals surface area contributed by atoms with Crippen molar-refractivity contribution in [3.63, 3.8) is 0 Å². The summed E-state index contributed by atoms with van der Waals surface area (Å²) in [6, 6.07) is 4.65. The molecule has 1 aliphatic heterocycles. The van der Waals surface area contributed by atoms with Gasteiger partial charge in [-0.05, 0) is 24.6 Å². The van der Waals surface area contributed by atoms with Gasteiger partial charge in [-0.25, -0.2) is 0 Å². The zero-order chi connectivity index (χ0) is 15.7. The second kappa shape index (κ2) is 5.65. The molecule has 1 amide bonds. The smallest absolute Gasteiger partial charge is 0.384 e.